The summed E-state index contributed by atoms with van der Waals surface area (Å²) >= 11 is 1.32. The molecule has 2 aromatic heterocycles. The number of benzene rings is 1. The first-order chi connectivity index (χ1) is 10.6. The van der Waals surface area contributed by atoms with Crippen LogP contribution in [0.4, 0.5) is 5.13 Å². The van der Waals surface area contributed by atoms with Crippen LogP contribution in [0, 0.1) is 6.92 Å². The van der Waals surface area contributed by atoms with Gasteiger partial charge in [-0.15, -0.1) is 11.3 Å². The monoisotopic (exact) mass is 311 g/mol. The van der Waals surface area contributed by atoms with Gasteiger partial charge in [0, 0.05) is 23.3 Å². The average Bonchev–Trinajstić information content (AvgIpc) is 2.96. The first-order valence-electron chi connectivity index (χ1n) is 6.60. The van der Waals surface area contributed by atoms with Crippen molar-refractivity contribution < 1.29 is 9.90 Å². The molecular weight excluding hydrogens is 298 g/mol. The molecule has 2 N–H and O–H groups in total. The Balaban J connectivity index is 1.79. The molecule has 0 bridgehead atoms. The van der Waals surface area contributed by atoms with Gasteiger partial charge in [-0.25, -0.2) is 4.98 Å². The molecule has 110 valence electrons. The Kier molecular flexibility index (Phi) is 3.84. The second-order valence-electron chi connectivity index (χ2n) is 4.75. The van der Waals surface area contributed by atoms with Crippen LogP contribution in [0.15, 0.2) is 48.1 Å². The van der Waals surface area contributed by atoms with E-state index in [-0.39, 0.29) is 17.2 Å². The van der Waals surface area contributed by atoms with Gasteiger partial charge in [0.25, 0.3) is 5.91 Å². The number of nitrogens with one attached hydrogen (secondary N) is 1. The lowest BCUT2D eigenvalue weighted by Crippen LogP contribution is -2.11. The number of aromatic nitrogens is 2. The molecule has 3 rings (SSSR count). The predicted molar refractivity (Wildman–Crippen MR) is 86.1 cm³/mol. The van der Waals surface area contributed by atoms with E-state index in [1.165, 1.54) is 11.3 Å². The van der Waals surface area contributed by atoms with Crippen LogP contribution in [0.5, 0.6) is 5.75 Å². The number of anilines is 1. The Hall–Kier alpha value is -2.73. The normalized spacial score (nSPS) is 10.4. The summed E-state index contributed by atoms with van der Waals surface area (Å²) in [6.45, 7) is 1.85. The fraction of sp³-hybridized carbons (Fsp3) is 0.0625. The van der Waals surface area contributed by atoms with Crippen LogP contribution in [0.3, 0.4) is 0 Å². The van der Waals surface area contributed by atoms with Gasteiger partial charge in [-0.05, 0) is 36.8 Å². The van der Waals surface area contributed by atoms with Gasteiger partial charge < -0.3 is 5.11 Å². The van der Waals surface area contributed by atoms with Crippen LogP contribution >= 0.6 is 11.3 Å². The zero-order valence-corrected chi connectivity index (χ0v) is 12.6. The van der Waals surface area contributed by atoms with Crippen molar-refractivity contribution in [2.75, 3.05) is 5.32 Å². The quantitative estimate of drug-likeness (QED) is 0.776. The largest absolute Gasteiger partial charge is 0.507 e. The molecule has 0 saturated carbocycles. The third-order valence-corrected chi connectivity index (χ3v) is 3.84. The lowest BCUT2D eigenvalue weighted by Gasteiger charge is -2.05. The predicted octanol–water partition coefficient (Wildman–Crippen LogP) is 3.47. The highest BCUT2D eigenvalue weighted by atomic mass is 32.1. The van der Waals surface area contributed by atoms with Crippen molar-refractivity contribution in [3.63, 3.8) is 0 Å². The van der Waals surface area contributed by atoms with Gasteiger partial charge in [-0.3, -0.25) is 15.1 Å². The maximum atomic E-state index is 12.2. The zero-order chi connectivity index (χ0) is 15.5. The number of aryl methyl sites for hydroxylation is 1. The summed E-state index contributed by atoms with van der Waals surface area (Å²) in [6.07, 6.45) is 3.41. The van der Waals surface area contributed by atoms with Gasteiger partial charge in [0.05, 0.1) is 11.3 Å². The van der Waals surface area contributed by atoms with Crippen molar-refractivity contribution in [2.45, 2.75) is 6.92 Å². The van der Waals surface area contributed by atoms with E-state index in [0.29, 0.717) is 5.13 Å². The van der Waals surface area contributed by atoms with E-state index in [0.717, 1.165) is 16.8 Å². The number of phenols is 1. The number of rotatable bonds is 3. The number of phenolic OH excluding ortho intramolecular Hbond substituents is 1. The number of nitrogens with zero attached hydrogens (tertiary/aromatic N) is 2. The van der Waals surface area contributed by atoms with Gasteiger partial charge in [-0.1, -0.05) is 6.07 Å². The van der Waals surface area contributed by atoms with E-state index >= 15 is 0 Å². The molecule has 0 aliphatic rings. The summed E-state index contributed by atoms with van der Waals surface area (Å²) in [5.41, 5.74) is 2.75. The highest BCUT2D eigenvalue weighted by Crippen LogP contribution is 2.25. The van der Waals surface area contributed by atoms with E-state index in [9.17, 15) is 9.90 Å². The summed E-state index contributed by atoms with van der Waals surface area (Å²) in [5, 5.41) is 14.9. The summed E-state index contributed by atoms with van der Waals surface area (Å²) in [7, 11) is 0. The summed E-state index contributed by atoms with van der Waals surface area (Å²) in [4.78, 5) is 20.6. The van der Waals surface area contributed by atoms with Crippen LogP contribution in [-0.4, -0.2) is 21.0 Å². The van der Waals surface area contributed by atoms with Crippen LogP contribution in [-0.2, 0) is 0 Å². The van der Waals surface area contributed by atoms with Crippen LogP contribution in [0.25, 0.3) is 11.3 Å². The van der Waals surface area contributed by atoms with Gasteiger partial charge >= 0.3 is 0 Å². The Bertz CT molecular complexity index is 815. The molecule has 1 amide bonds. The molecule has 0 fully saturated rings. The minimum atomic E-state index is -0.385. The number of carbonyl (C=O) groups excluding carboxylic acids is 1. The minimum absolute atomic E-state index is 0.0402. The number of amides is 1. The number of aromatic hydroxyl groups is 1. The van der Waals surface area contributed by atoms with E-state index in [1.54, 1.807) is 30.6 Å². The summed E-state index contributed by atoms with van der Waals surface area (Å²) in [5.74, 6) is -0.425. The van der Waals surface area contributed by atoms with Crippen molar-refractivity contribution in [1.29, 1.82) is 0 Å². The Morgan fingerprint density at radius 2 is 2.18 bits per heavy atom. The topological polar surface area (TPSA) is 75.1 Å². The number of thiazole rings is 1. The molecule has 0 atom stereocenters. The maximum absolute atomic E-state index is 12.2. The third-order valence-electron chi connectivity index (χ3n) is 3.08. The van der Waals surface area contributed by atoms with Crippen molar-refractivity contribution in [3.8, 4) is 17.0 Å². The second kappa shape index (κ2) is 5.95. The molecule has 5 nitrogen and oxygen atoms in total. The van der Waals surface area contributed by atoms with Gasteiger partial charge in [0.1, 0.15) is 5.75 Å². The number of pyridine rings is 1. The fourth-order valence-corrected chi connectivity index (χ4v) is 2.69. The van der Waals surface area contributed by atoms with E-state index in [4.69, 9.17) is 0 Å². The first-order valence-corrected chi connectivity index (χ1v) is 7.48. The molecule has 0 aliphatic heterocycles. The number of hydrogen-bond donors (Lipinski definition) is 2. The molecule has 0 radical (unpaired) electrons. The van der Waals surface area contributed by atoms with E-state index in [2.05, 4.69) is 15.3 Å². The molecule has 0 aliphatic carbocycles. The number of hydrogen-bond acceptors (Lipinski definition) is 5. The molecule has 0 saturated heterocycles. The Labute approximate surface area is 131 Å². The Morgan fingerprint density at radius 1 is 1.32 bits per heavy atom. The standard InChI is InChI=1S/C16H13N3O2S/c1-10-4-5-12(14(20)7-10)15(21)19-16-18-13(9-22-16)11-3-2-6-17-8-11/h2-9,20H,1H3,(H,18,19,21). The number of carbonyl (C=O) groups is 1. The smallest absolute Gasteiger partial charge is 0.261 e. The first kappa shape index (κ1) is 14.2. The second-order valence-corrected chi connectivity index (χ2v) is 5.61. The van der Waals surface area contributed by atoms with Crippen LogP contribution in [0.2, 0.25) is 0 Å². The highest BCUT2D eigenvalue weighted by molar-refractivity contribution is 7.14. The third kappa shape index (κ3) is 2.96. The van der Waals surface area contributed by atoms with Gasteiger partial charge in [0.15, 0.2) is 5.13 Å². The zero-order valence-electron chi connectivity index (χ0n) is 11.8. The maximum Gasteiger partial charge on any atom is 0.261 e. The lowest BCUT2D eigenvalue weighted by molar-refractivity contribution is 0.102. The summed E-state index contributed by atoms with van der Waals surface area (Å²) < 4.78 is 0. The van der Waals surface area contributed by atoms with E-state index in [1.807, 2.05) is 24.4 Å². The minimum Gasteiger partial charge on any atom is -0.507 e. The molecule has 2 heterocycles. The van der Waals surface area contributed by atoms with Crippen LogP contribution < -0.4 is 5.32 Å². The lowest BCUT2D eigenvalue weighted by atomic mass is 10.1. The van der Waals surface area contributed by atoms with Crippen LogP contribution in [0.1, 0.15) is 15.9 Å². The summed E-state index contributed by atoms with van der Waals surface area (Å²) in [6, 6.07) is 8.65. The highest BCUT2D eigenvalue weighted by Gasteiger charge is 2.13. The molecule has 6 heteroatoms. The van der Waals surface area contributed by atoms with Gasteiger partial charge in [0.2, 0.25) is 0 Å². The molecule has 1 aromatic carbocycles. The van der Waals surface area contributed by atoms with E-state index < -0.39 is 0 Å². The van der Waals surface area contributed by atoms with Crippen molar-refractivity contribution in [1.82, 2.24) is 9.97 Å². The van der Waals surface area contributed by atoms with Crippen molar-refractivity contribution >= 4 is 22.4 Å². The van der Waals surface area contributed by atoms with Crippen molar-refractivity contribution in [2.24, 2.45) is 0 Å². The van der Waals surface area contributed by atoms with Gasteiger partial charge in [-0.2, -0.15) is 0 Å². The molecule has 22 heavy (non-hydrogen) atoms. The Morgan fingerprint density at radius 3 is 2.91 bits per heavy atom. The molecule has 0 unspecified atom stereocenters. The average molecular weight is 311 g/mol. The fourth-order valence-electron chi connectivity index (χ4n) is 1.98. The molecule has 3 aromatic rings. The SMILES string of the molecule is Cc1ccc(C(=O)Nc2nc(-c3cccnc3)cs2)c(O)c1. The van der Waals surface area contributed by atoms with Crippen molar-refractivity contribution in [3.05, 3.63) is 59.2 Å². The molecular formula is C16H13N3O2S. The molecule has 0 spiro atoms.